The maximum absolute atomic E-state index is 11.9. The van der Waals surface area contributed by atoms with Gasteiger partial charge in [0, 0.05) is 12.1 Å². The van der Waals surface area contributed by atoms with Gasteiger partial charge in [0.1, 0.15) is 0 Å². The van der Waals surface area contributed by atoms with Crippen molar-refractivity contribution in [3.05, 3.63) is 18.3 Å². The first-order chi connectivity index (χ1) is 8.13. The minimum atomic E-state index is -0.531. The second-order valence-electron chi connectivity index (χ2n) is 4.52. The highest BCUT2D eigenvalue weighted by Gasteiger charge is 2.35. The highest BCUT2D eigenvalue weighted by molar-refractivity contribution is 5.96. The van der Waals surface area contributed by atoms with Crippen LogP contribution in [-0.4, -0.2) is 23.5 Å². The highest BCUT2D eigenvalue weighted by atomic mass is 16.5. The molecule has 2 atom stereocenters. The molecule has 1 aromatic heterocycles. The number of nitrogens with two attached hydrogens (primary N) is 1. The van der Waals surface area contributed by atoms with E-state index < -0.39 is 6.10 Å². The van der Waals surface area contributed by atoms with E-state index in [-0.39, 0.29) is 17.7 Å². The van der Waals surface area contributed by atoms with Crippen molar-refractivity contribution in [1.29, 1.82) is 0 Å². The summed E-state index contributed by atoms with van der Waals surface area (Å²) >= 11 is 0. The molecule has 0 bridgehead atoms. The van der Waals surface area contributed by atoms with Crippen LogP contribution in [0.3, 0.4) is 0 Å². The smallest absolute Gasteiger partial charge is 0.267 e. The third-order valence-corrected chi connectivity index (χ3v) is 3.04. The third-order valence-electron chi connectivity index (χ3n) is 3.04. The van der Waals surface area contributed by atoms with Crippen LogP contribution in [0.25, 0.3) is 0 Å². The summed E-state index contributed by atoms with van der Waals surface area (Å²) in [5.74, 6) is 1.21. The van der Waals surface area contributed by atoms with Gasteiger partial charge in [-0.3, -0.25) is 4.79 Å². The molecule has 1 aliphatic heterocycles. The fraction of sp³-hybridized carbons (Fsp3) is 0.500. The number of amides is 1. The number of nitrogens with zero attached hydrogens (tertiary/aromatic N) is 1. The Morgan fingerprint density at radius 1 is 1.59 bits per heavy atom. The quantitative estimate of drug-likeness (QED) is 0.819. The summed E-state index contributed by atoms with van der Waals surface area (Å²) in [6.07, 6.45) is 1.09. The van der Waals surface area contributed by atoms with Gasteiger partial charge in [-0.25, -0.2) is 4.98 Å². The number of nitrogens with one attached hydrogen (secondary N) is 1. The molecule has 0 saturated heterocycles. The summed E-state index contributed by atoms with van der Waals surface area (Å²) in [6, 6.07) is 3.57. The van der Waals surface area contributed by atoms with Crippen LogP contribution in [-0.2, 0) is 4.79 Å². The van der Waals surface area contributed by atoms with Crippen molar-refractivity contribution in [2.45, 2.75) is 20.0 Å². The Bertz CT molecular complexity index is 420. The van der Waals surface area contributed by atoms with Crippen LogP contribution in [0, 0.1) is 11.8 Å². The molecule has 2 heterocycles. The molecule has 0 saturated carbocycles. The Balaban J connectivity index is 2.25. The van der Waals surface area contributed by atoms with Crippen LogP contribution in [0.4, 0.5) is 5.82 Å². The van der Waals surface area contributed by atoms with E-state index in [0.717, 1.165) is 0 Å². The second kappa shape index (κ2) is 4.71. The fourth-order valence-corrected chi connectivity index (χ4v) is 1.98. The van der Waals surface area contributed by atoms with Gasteiger partial charge in [-0.1, -0.05) is 13.8 Å². The van der Waals surface area contributed by atoms with Gasteiger partial charge in [0.2, 0.25) is 0 Å². The third kappa shape index (κ3) is 2.24. The Morgan fingerprint density at radius 2 is 2.35 bits per heavy atom. The van der Waals surface area contributed by atoms with Gasteiger partial charge in [-0.2, -0.15) is 0 Å². The lowest BCUT2D eigenvalue weighted by Gasteiger charge is -2.32. The van der Waals surface area contributed by atoms with Crippen molar-refractivity contribution < 1.29 is 9.53 Å². The average Bonchev–Trinajstić information content (AvgIpc) is 2.30. The number of fused-ring (bicyclic) bond motifs is 1. The number of hydrogen-bond donors (Lipinski definition) is 2. The number of pyridine rings is 1. The molecule has 17 heavy (non-hydrogen) atoms. The van der Waals surface area contributed by atoms with E-state index in [2.05, 4.69) is 10.3 Å². The molecular formula is C12H17N3O2. The Labute approximate surface area is 100 Å². The molecule has 1 amide bonds. The number of ether oxygens (including phenoxy) is 1. The Hall–Kier alpha value is -1.62. The van der Waals surface area contributed by atoms with Gasteiger partial charge in [0.15, 0.2) is 17.7 Å². The molecule has 5 heteroatoms. The average molecular weight is 235 g/mol. The minimum Gasteiger partial charge on any atom is -0.476 e. The zero-order chi connectivity index (χ0) is 12.4. The Kier molecular flexibility index (Phi) is 3.28. The summed E-state index contributed by atoms with van der Waals surface area (Å²) in [4.78, 5) is 16.0. The predicted octanol–water partition coefficient (Wildman–Crippen LogP) is 1.01. The van der Waals surface area contributed by atoms with Crippen LogP contribution in [0.1, 0.15) is 13.8 Å². The van der Waals surface area contributed by atoms with Crippen LogP contribution >= 0.6 is 0 Å². The molecule has 1 aliphatic rings. The van der Waals surface area contributed by atoms with E-state index >= 15 is 0 Å². The lowest BCUT2D eigenvalue weighted by atomic mass is 9.89. The van der Waals surface area contributed by atoms with E-state index in [1.165, 1.54) is 0 Å². The van der Waals surface area contributed by atoms with Gasteiger partial charge < -0.3 is 15.8 Å². The standard InChI is InChI=1S/C12H17N3O2/c1-7(2)8(6-13)10-12(16)15-11-9(17-10)4-3-5-14-11/h3-5,7-8,10H,6,13H2,1-2H3,(H,14,15,16). The number of hydrogen-bond acceptors (Lipinski definition) is 4. The molecule has 2 unspecified atom stereocenters. The normalized spacial score (nSPS) is 20.5. The SMILES string of the molecule is CC(C)C(CN)C1Oc2cccnc2NC1=O. The number of carbonyl (C=O) groups is 1. The van der Waals surface area contributed by atoms with Crippen molar-refractivity contribution in [2.75, 3.05) is 11.9 Å². The van der Waals surface area contributed by atoms with E-state index in [1.54, 1.807) is 18.3 Å². The zero-order valence-electron chi connectivity index (χ0n) is 10.0. The molecule has 0 aliphatic carbocycles. The number of carbonyl (C=O) groups excluding carboxylic acids is 1. The predicted molar refractivity (Wildman–Crippen MR) is 64.7 cm³/mol. The zero-order valence-corrected chi connectivity index (χ0v) is 10.0. The molecule has 0 radical (unpaired) electrons. The van der Waals surface area contributed by atoms with Crippen LogP contribution in [0.15, 0.2) is 18.3 Å². The summed E-state index contributed by atoms with van der Waals surface area (Å²) < 4.78 is 5.70. The molecular weight excluding hydrogens is 218 g/mol. The minimum absolute atomic E-state index is 0.00311. The number of rotatable bonds is 3. The molecule has 2 rings (SSSR count). The van der Waals surface area contributed by atoms with Crippen molar-refractivity contribution >= 4 is 11.7 Å². The molecule has 3 N–H and O–H groups in total. The second-order valence-corrected chi connectivity index (χ2v) is 4.52. The summed E-state index contributed by atoms with van der Waals surface area (Å²) in [5, 5.41) is 2.75. The Morgan fingerprint density at radius 3 is 3.00 bits per heavy atom. The number of aromatic nitrogens is 1. The maximum Gasteiger partial charge on any atom is 0.267 e. The topological polar surface area (TPSA) is 77.2 Å². The van der Waals surface area contributed by atoms with Gasteiger partial charge >= 0.3 is 0 Å². The van der Waals surface area contributed by atoms with Crippen LogP contribution < -0.4 is 15.8 Å². The van der Waals surface area contributed by atoms with Crippen molar-refractivity contribution in [3.63, 3.8) is 0 Å². The molecule has 1 aromatic rings. The summed E-state index contributed by atoms with van der Waals surface area (Å²) in [7, 11) is 0. The summed E-state index contributed by atoms with van der Waals surface area (Å²) in [5.41, 5.74) is 5.71. The molecule has 0 spiro atoms. The molecule has 0 fully saturated rings. The van der Waals surface area contributed by atoms with Crippen LogP contribution in [0.2, 0.25) is 0 Å². The van der Waals surface area contributed by atoms with Gasteiger partial charge in [0.05, 0.1) is 0 Å². The van der Waals surface area contributed by atoms with Crippen molar-refractivity contribution in [3.8, 4) is 5.75 Å². The summed E-state index contributed by atoms with van der Waals surface area (Å²) in [6.45, 7) is 4.49. The molecule has 0 aromatic carbocycles. The first-order valence-electron chi connectivity index (χ1n) is 5.76. The lowest BCUT2D eigenvalue weighted by molar-refractivity contribution is -0.126. The van der Waals surface area contributed by atoms with Crippen LogP contribution in [0.5, 0.6) is 5.75 Å². The molecule has 92 valence electrons. The van der Waals surface area contributed by atoms with Gasteiger partial charge in [0.25, 0.3) is 5.91 Å². The van der Waals surface area contributed by atoms with E-state index in [9.17, 15) is 4.79 Å². The van der Waals surface area contributed by atoms with E-state index in [0.29, 0.717) is 18.1 Å². The van der Waals surface area contributed by atoms with Gasteiger partial charge in [-0.15, -0.1) is 0 Å². The van der Waals surface area contributed by atoms with Crippen molar-refractivity contribution in [2.24, 2.45) is 17.6 Å². The number of anilines is 1. The molecule has 5 nitrogen and oxygen atoms in total. The van der Waals surface area contributed by atoms with E-state index in [1.807, 2.05) is 13.8 Å². The van der Waals surface area contributed by atoms with E-state index in [4.69, 9.17) is 10.5 Å². The first kappa shape index (κ1) is 11.9. The van der Waals surface area contributed by atoms with Crippen molar-refractivity contribution in [1.82, 2.24) is 4.98 Å². The monoisotopic (exact) mass is 235 g/mol. The first-order valence-corrected chi connectivity index (χ1v) is 5.76. The lowest BCUT2D eigenvalue weighted by Crippen LogP contribution is -2.47. The highest BCUT2D eigenvalue weighted by Crippen LogP contribution is 2.30. The largest absolute Gasteiger partial charge is 0.476 e. The fourth-order valence-electron chi connectivity index (χ4n) is 1.98. The maximum atomic E-state index is 11.9. The van der Waals surface area contributed by atoms with Gasteiger partial charge in [-0.05, 0) is 24.6 Å².